The van der Waals surface area contributed by atoms with Crippen LogP contribution in [0.25, 0.3) is 0 Å². The number of nitrogens with one attached hydrogen (secondary N) is 1. The maximum atomic E-state index is 12.1. The fourth-order valence-electron chi connectivity index (χ4n) is 2.75. The van der Waals surface area contributed by atoms with Gasteiger partial charge < -0.3 is 19.5 Å². The summed E-state index contributed by atoms with van der Waals surface area (Å²) < 4.78 is 16.0. The molecular weight excluding hydrogens is 362 g/mol. The molecule has 3 rings (SSSR count). The molecule has 0 aliphatic carbocycles. The van der Waals surface area contributed by atoms with Crippen molar-refractivity contribution in [3.8, 4) is 11.5 Å². The quantitative estimate of drug-likeness (QED) is 0.732. The van der Waals surface area contributed by atoms with Crippen LogP contribution in [0.15, 0.2) is 54.6 Å². The Hall–Kier alpha value is -3.35. The molecule has 2 aromatic carbocycles. The summed E-state index contributed by atoms with van der Waals surface area (Å²) in [5.74, 6) is -0.438. The SMILES string of the molecule is CC(=O)[C@@H](Cc1ccccc1)NC(=O)COC(=O)[C@@H]1COc2ccccc2O1. The Bertz CT molecular complexity index is 851. The third-order valence-corrected chi connectivity index (χ3v) is 4.23. The molecule has 0 bridgehead atoms. The summed E-state index contributed by atoms with van der Waals surface area (Å²) in [7, 11) is 0. The fraction of sp³-hybridized carbons (Fsp3) is 0.286. The summed E-state index contributed by atoms with van der Waals surface area (Å²) in [6.45, 7) is 0.908. The Morgan fingerprint density at radius 2 is 1.75 bits per heavy atom. The van der Waals surface area contributed by atoms with Crippen LogP contribution in [0.1, 0.15) is 12.5 Å². The summed E-state index contributed by atoms with van der Waals surface area (Å²) in [5, 5.41) is 2.60. The number of fused-ring (bicyclic) bond motifs is 1. The lowest BCUT2D eigenvalue weighted by molar-refractivity contribution is -0.157. The van der Waals surface area contributed by atoms with Crippen molar-refractivity contribution in [2.24, 2.45) is 0 Å². The first kappa shape index (κ1) is 19.4. The summed E-state index contributed by atoms with van der Waals surface area (Å²) in [5.41, 5.74) is 0.923. The number of amides is 1. The molecule has 2 aromatic rings. The highest BCUT2D eigenvalue weighted by atomic mass is 16.6. The monoisotopic (exact) mass is 383 g/mol. The van der Waals surface area contributed by atoms with Crippen molar-refractivity contribution in [1.82, 2.24) is 5.32 Å². The molecule has 0 saturated carbocycles. The Balaban J connectivity index is 1.49. The van der Waals surface area contributed by atoms with E-state index in [0.29, 0.717) is 17.9 Å². The Kier molecular flexibility index (Phi) is 6.26. The number of hydrogen-bond donors (Lipinski definition) is 1. The zero-order valence-corrected chi connectivity index (χ0v) is 15.4. The van der Waals surface area contributed by atoms with Gasteiger partial charge in [-0.2, -0.15) is 0 Å². The number of carbonyl (C=O) groups is 3. The van der Waals surface area contributed by atoms with E-state index >= 15 is 0 Å². The number of benzene rings is 2. The molecule has 1 N–H and O–H groups in total. The van der Waals surface area contributed by atoms with Crippen molar-refractivity contribution in [2.45, 2.75) is 25.5 Å². The van der Waals surface area contributed by atoms with Gasteiger partial charge in [0.1, 0.15) is 6.61 Å². The lowest BCUT2D eigenvalue weighted by Gasteiger charge is -2.25. The van der Waals surface area contributed by atoms with E-state index in [1.54, 1.807) is 24.3 Å². The van der Waals surface area contributed by atoms with Gasteiger partial charge >= 0.3 is 5.97 Å². The first-order chi connectivity index (χ1) is 13.5. The van der Waals surface area contributed by atoms with E-state index in [2.05, 4.69) is 5.32 Å². The molecule has 2 atom stereocenters. The molecule has 0 saturated heterocycles. The molecule has 146 valence electrons. The average molecular weight is 383 g/mol. The smallest absolute Gasteiger partial charge is 0.351 e. The first-order valence-corrected chi connectivity index (χ1v) is 8.92. The van der Waals surface area contributed by atoms with Crippen molar-refractivity contribution in [3.63, 3.8) is 0 Å². The number of ketones is 1. The summed E-state index contributed by atoms with van der Waals surface area (Å²) in [6.07, 6.45) is -0.581. The number of carbonyl (C=O) groups excluding carboxylic acids is 3. The van der Waals surface area contributed by atoms with Gasteiger partial charge in [-0.1, -0.05) is 42.5 Å². The Labute approximate surface area is 162 Å². The molecule has 7 heteroatoms. The van der Waals surface area contributed by atoms with Gasteiger partial charge in [0.05, 0.1) is 6.04 Å². The molecule has 0 aromatic heterocycles. The second kappa shape index (κ2) is 9.03. The predicted octanol–water partition coefficient (Wildman–Crippen LogP) is 1.69. The fourth-order valence-corrected chi connectivity index (χ4v) is 2.75. The van der Waals surface area contributed by atoms with E-state index in [-0.39, 0.29) is 12.4 Å². The highest BCUT2D eigenvalue weighted by Crippen LogP contribution is 2.31. The second-order valence-corrected chi connectivity index (χ2v) is 6.39. The topological polar surface area (TPSA) is 90.9 Å². The number of hydrogen-bond acceptors (Lipinski definition) is 6. The summed E-state index contributed by atoms with van der Waals surface area (Å²) in [4.78, 5) is 36.1. The molecule has 1 aliphatic rings. The van der Waals surface area contributed by atoms with Crippen molar-refractivity contribution in [2.75, 3.05) is 13.2 Å². The van der Waals surface area contributed by atoms with Crippen LogP contribution < -0.4 is 14.8 Å². The molecular formula is C21H21NO6. The zero-order valence-electron chi connectivity index (χ0n) is 15.4. The molecule has 1 aliphatic heterocycles. The summed E-state index contributed by atoms with van der Waals surface area (Å²) >= 11 is 0. The van der Waals surface area contributed by atoms with Crippen LogP contribution in [0.3, 0.4) is 0 Å². The van der Waals surface area contributed by atoms with Gasteiger partial charge in [-0.3, -0.25) is 9.59 Å². The third-order valence-electron chi connectivity index (χ3n) is 4.23. The van der Waals surface area contributed by atoms with Crippen LogP contribution in [-0.4, -0.2) is 43.0 Å². The lowest BCUT2D eigenvalue weighted by atomic mass is 10.0. The van der Waals surface area contributed by atoms with Crippen LogP contribution in [-0.2, 0) is 25.5 Å². The highest BCUT2D eigenvalue weighted by Gasteiger charge is 2.29. The first-order valence-electron chi connectivity index (χ1n) is 8.92. The van der Waals surface area contributed by atoms with Crippen LogP contribution in [0, 0.1) is 0 Å². The Morgan fingerprint density at radius 3 is 2.46 bits per heavy atom. The van der Waals surface area contributed by atoms with E-state index in [0.717, 1.165) is 5.56 Å². The van der Waals surface area contributed by atoms with E-state index in [9.17, 15) is 14.4 Å². The molecule has 1 heterocycles. The minimum absolute atomic E-state index is 0.00153. The predicted molar refractivity (Wildman–Crippen MR) is 100 cm³/mol. The van der Waals surface area contributed by atoms with Gasteiger partial charge in [-0.05, 0) is 31.0 Å². The minimum Gasteiger partial charge on any atom is -0.485 e. The molecule has 1 amide bonds. The average Bonchev–Trinajstić information content (AvgIpc) is 2.72. The third kappa shape index (κ3) is 5.09. The van der Waals surface area contributed by atoms with Gasteiger partial charge in [-0.15, -0.1) is 0 Å². The molecule has 0 spiro atoms. The van der Waals surface area contributed by atoms with E-state index in [4.69, 9.17) is 14.2 Å². The minimum atomic E-state index is -0.948. The summed E-state index contributed by atoms with van der Waals surface area (Å²) in [6, 6.07) is 15.6. The number of ether oxygens (including phenoxy) is 3. The van der Waals surface area contributed by atoms with E-state index in [1.807, 2.05) is 30.3 Å². The molecule has 7 nitrogen and oxygen atoms in total. The highest BCUT2D eigenvalue weighted by molar-refractivity contribution is 5.89. The molecule has 0 fully saturated rings. The van der Waals surface area contributed by atoms with Gasteiger partial charge in [-0.25, -0.2) is 4.79 Å². The van der Waals surface area contributed by atoms with Crippen molar-refractivity contribution < 1.29 is 28.6 Å². The van der Waals surface area contributed by atoms with Crippen LogP contribution in [0.4, 0.5) is 0 Å². The maximum absolute atomic E-state index is 12.1. The van der Waals surface area contributed by atoms with Gasteiger partial charge in [0, 0.05) is 0 Å². The zero-order chi connectivity index (χ0) is 19.9. The number of para-hydroxylation sites is 2. The second-order valence-electron chi connectivity index (χ2n) is 6.39. The Morgan fingerprint density at radius 1 is 1.07 bits per heavy atom. The molecule has 28 heavy (non-hydrogen) atoms. The largest absolute Gasteiger partial charge is 0.485 e. The van der Waals surface area contributed by atoms with Crippen LogP contribution in [0.2, 0.25) is 0 Å². The van der Waals surface area contributed by atoms with Gasteiger partial charge in [0.15, 0.2) is 23.9 Å². The molecule has 0 unspecified atom stereocenters. The normalized spacial score (nSPS) is 16.0. The van der Waals surface area contributed by atoms with Gasteiger partial charge in [0.25, 0.3) is 5.91 Å². The van der Waals surface area contributed by atoms with Crippen molar-refractivity contribution >= 4 is 17.7 Å². The number of Topliss-reactive ketones (excluding diaryl/α,β-unsaturated/α-hetero) is 1. The van der Waals surface area contributed by atoms with Crippen molar-refractivity contribution in [3.05, 3.63) is 60.2 Å². The van der Waals surface area contributed by atoms with Crippen molar-refractivity contribution in [1.29, 1.82) is 0 Å². The maximum Gasteiger partial charge on any atom is 0.351 e. The number of esters is 1. The van der Waals surface area contributed by atoms with E-state index < -0.39 is 30.6 Å². The molecule has 0 radical (unpaired) electrons. The van der Waals surface area contributed by atoms with Crippen LogP contribution >= 0.6 is 0 Å². The standard InChI is InChI=1S/C21H21NO6/c1-14(23)16(11-15-7-3-2-4-8-15)22-20(24)13-27-21(25)19-12-26-17-9-5-6-10-18(17)28-19/h2-10,16,19H,11-13H2,1H3,(H,22,24)/t16-,19+/m1/s1. The van der Waals surface area contributed by atoms with Gasteiger partial charge in [0.2, 0.25) is 6.10 Å². The van der Waals surface area contributed by atoms with Crippen LogP contribution in [0.5, 0.6) is 11.5 Å². The van der Waals surface area contributed by atoms with E-state index in [1.165, 1.54) is 6.92 Å². The number of rotatable bonds is 7. The lowest BCUT2D eigenvalue weighted by Crippen LogP contribution is -2.44.